The number of carbonyl (C=O) groups is 1. The Morgan fingerprint density at radius 2 is 1.64 bits per heavy atom. The number of anilines is 1. The minimum Gasteiger partial charge on any atom is -0.325 e. The Kier molecular flexibility index (Phi) is 5.45. The van der Waals surface area contributed by atoms with Crippen LogP contribution in [0.15, 0.2) is 24.3 Å². The summed E-state index contributed by atoms with van der Waals surface area (Å²) < 4.78 is 37.5. The van der Waals surface area contributed by atoms with Crippen LogP contribution >= 0.6 is 0 Å². The Labute approximate surface area is 128 Å². The van der Waals surface area contributed by atoms with Crippen molar-refractivity contribution in [1.29, 1.82) is 0 Å². The monoisotopic (exact) mass is 315 g/mol. The first kappa shape index (κ1) is 16.8. The largest absolute Gasteiger partial charge is 0.416 e. The van der Waals surface area contributed by atoms with Gasteiger partial charge in [-0.1, -0.05) is 0 Å². The van der Waals surface area contributed by atoms with E-state index in [1.165, 1.54) is 29.9 Å². The number of rotatable bonds is 3. The molecule has 1 aliphatic rings. The van der Waals surface area contributed by atoms with Crippen molar-refractivity contribution < 1.29 is 22.9 Å². The van der Waals surface area contributed by atoms with Crippen molar-refractivity contribution in [1.82, 2.24) is 0 Å². The first-order valence-electron chi connectivity index (χ1n) is 7.70. The molecule has 0 aromatic heterocycles. The van der Waals surface area contributed by atoms with Crippen LogP contribution < -0.4 is 10.2 Å². The topological polar surface area (TPSA) is 33.5 Å². The molecule has 1 atom stereocenters. The molecule has 0 saturated carbocycles. The average Bonchev–Trinajstić information content (AvgIpc) is 2.75. The molecule has 3 nitrogen and oxygen atoms in total. The summed E-state index contributed by atoms with van der Waals surface area (Å²) in [4.78, 5) is 13.5. The summed E-state index contributed by atoms with van der Waals surface area (Å²) in [7, 11) is 0. The van der Waals surface area contributed by atoms with Crippen molar-refractivity contribution in [3.63, 3.8) is 0 Å². The van der Waals surface area contributed by atoms with Gasteiger partial charge in [0.1, 0.15) is 0 Å². The van der Waals surface area contributed by atoms with Gasteiger partial charge in [0.2, 0.25) is 0 Å². The van der Waals surface area contributed by atoms with Gasteiger partial charge in [0.05, 0.1) is 18.7 Å². The van der Waals surface area contributed by atoms with Crippen LogP contribution in [0.5, 0.6) is 0 Å². The van der Waals surface area contributed by atoms with Gasteiger partial charge in [0.15, 0.2) is 6.04 Å². The Morgan fingerprint density at radius 3 is 2.14 bits per heavy atom. The van der Waals surface area contributed by atoms with Gasteiger partial charge in [-0.25, -0.2) is 0 Å². The highest BCUT2D eigenvalue weighted by molar-refractivity contribution is 5.93. The molecule has 1 aromatic rings. The van der Waals surface area contributed by atoms with Gasteiger partial charge < -0.3 is 10.2 Å². The van der Waals surface area contributed by atoms with Crippen molar-refractivity contribution in [2.45, 2.75) is 44.8 Å². The number of benzene rings is 1. The maximum absolute atomic E-state index is 12.5. The van der Waals surface area contributed by atoms with Gasteiger partial charge >= 0.3 is 6.18 Å². The molecule has 1 saturated heterocycles. The predicted molar refractivity (Wildman–Crippen MR) is 78.7 cm³/mol. The van der Waals surface area contributed by atoms with E-state index in [0.717, 1.165) is 38.1 Å². The quantitative estimate of drug-likeness (QED) is 0.883. The number of quaternary nitrogens is 1. The fourth-order valence-electron chi connectivity index (χ4n) is 2.79. The summed E-state index contributed by atoms with van der Waals surface area (Å²) in [6.07, 6.45) is 0.292. The summed E-state index contributed by atoms with van der Waals surface area (Å²) >= 11 is 0. The van der Waals surface area contributed by atoms with Crippen LogP contribution in [0.2, 0.25) is 0 Å². The van der Waals surface area contributed by atoms with E-state index in [2.05, 4.69) is 5.32 Å². The van der Waals surface area contributed by atoms with E-state index in [1.54, 1.807) is 0 Å². The molecule has 0 aliphatic carbocycles. The SMILES string of the molecule is C[C@H](C(=O)Nc1ccc(C(F)(F)F)cc1)[NH+]1CCCCCC1. The van der Waals surface area contributed by atoms with Gasteiger partial charge in [-0.3, -0.25) is 4.79 Å². The highest BCUT2D eigenvalue weighted by atomic mass is 19.4. The number of hydrogen-bond donors (Lipinski definition) is 2. The fraction of sp³-hybridized carbons (Fsp3) is 0.562. The molecule has 6 heteroatoms. The van der Waals surface area contributed by atoms with Crippen LogP contribution in [0.3, 0.4) is 0 Å². The van der Waals surface area contributed by atoms with E-state index in [4.69, 9.17) is 0 Å². The molecule has 0 bridgehead atoms. The minimum atomic E-state index is -4.36. The van der Waals surface area contributed by atoms with Crippen molar-refractivity contribution in [3.05, 3.63) is 29.8 Å². The van der Waals surface area contributed by atoms with Crippen LogP contribution in [0.1, 0.15) is 38.2 Å². The van der Waals surface area contributed by atoms with Gasteiger partial charge in [0, 0.05) is 5.69 Å². The molecule has 0 spiro atoms. The minimum absolute atomic E-state index is 0.142. The zero-order chi connectivity index (χ0) is 16.2. The normalized spacial score (nSPS) is 18.5. The highest BCUT2D eigenvalue weighted by Gasteiger charge is 2.30. The molecule has 22 heavy (non-hydrogen) atoms. The number of likely N-dealkylation sites (tertiary alicyclic amines) is 1. The van der Waals surface area contributed by atoms with Crippen molar-refractivity contribution in [2.75, 3.05) is 18.4 Å². The summed E-state index contributed by atoms with van der Waals surface area (Å²) in [5, 5.41) is 2.71. The second kappa shape index (κ2) is 7.13. The van der Waals surface area contributed by atoms with Gasteiger partial charge in [-0.15, -0.1) is 0 Å². The van der Waals surface area contributed by atoms with E-state index in [-0.39, 0.29) is 11.9 Å². The lowest BCUT2D eigenvalue weighted by molar-refractivity contribution is -0.913. The number of nitrogens with one attached hydrogen (secondary N) is 2. The molecule has 1 aromatic carbocycles. The molecule has 2 N–H and O–H groups in total. The Morgan fingerprint density at radius 1 is 1.09 bits per heavy atom. The van der Waals surface area contributed by atoms with E-state index in [0.29, 0.717) is 5.69 Å². The molecule has 0 unspecified atom stereocenters. The van der Waals surface area contributed by atoms with E-state index in [9.17, 15) is 18.0 Å². The van der Waals surface area contributed by atoms with E-state index < -0.39 is 11.7 Å². The van der Waals surface area contributed by atoms with Crippen LogP contribution in [0, 0.1) is 0 Å². The number of alkyl halides is 3. The Balaban J connectivity index is 1.95. The third-order valence-electron chi connectivity index (χ3n) is 4.23. The van der Waals surface area contributed by atoms with Crippen molar-refractivity contribution in [3.8, 4) is 0 Å². The zero-order valence-corrected chi connectivity index (χ0v) is 12.7. The molecule has 1 fully saturated rings. The standard InChI is InChI=1S/C16H21F3N2O/c1-12(21-10-4-2-3-5-11-21)15(22)20-14-8-6-13(7-9-14)16(17,18)19/h6-9,12H,2-5,10-11H2,1H3,(H,20,22)/p+1/t12-/m1/s1. The zero-order valence-electron chi connectivity index (χ0n) is 12.7. The molecule has 1 aliphatic heterocycles. The number of hydrogen-bond acceptors (Lipinski definition) is 1. The number of amides is 1. The van der Waals surface area contributed by atoms with Crippen molar-refractivity contribution >= 4 is 11.6 Å². The van der Waals surface area contributed by atoms with Crippen LogP contribution in [0.25, 0.3) is 0 Å². The third kappa shape index (κ3) is 4.47. The molecule has 1 heterocycles. The first-order valence-corrected chi connectivity index (χ1v) is 7.70. The lowest BCUT2D eigenvalue weighted by Crippen LogP contribution is -3.16. The number of halogens is 3. The van der Waals surface area contributed by atoms with Crippen LogP contribution in [-0.2, 0) is 11.0 Å². The summed E-state index contributed by atoms with van der Waals surface area (Å²) in [5.41, 5.74) is -0.309. The summed E-state index contributed by atoms with van der Waals surface area (Å²) in [5.74, 6) is -0.142. The van der Waals surface area contributed by atoms with Gasteiger partial charge in [-0.05, 0) is 56.9 Å². The highest BCUT2D eigenvalue weighted by Crippen LogP contribution is 2.29. The van der Waals surface area contributed by atoms with E-state index in [1.807, 2.05) is 6.92 Å². The smallest absolute Gasteiger partial charge is 0.325 e. The van der Waals surface area contributed by atoms with Crippen molar-refractivity contribution in [2.24, 2.45) is 0 Å². The molecule has 0 radical (unpaired) electrons. The summed E-state index contributed by atoms with van der Waals surface area (Å²) in [6, 6.07) is 4.37. The first-order chi connectivity index (χ1) is 10.4. The lowest BCUT2D eigenvalue weighted by Gasteiger charge is -2.23. The molecule has 2 rings (SSSR count). The maximum Gasteiger partial charge on any atom is 0.416 e. The fourth-order valence-corrected chi connectivity index (χ4v) is 2.79. The molecular formula is C16H22F3N2O+. The molecule has 1 amide bonds. The predicted octanol–water partition coefficient (Wildman–Crippen LogP) is 2.49. The third-order valence-corrected chi connectivity index (χ3v) is 4.23. The lowest BCUT2D eigenvalue weighted by atomic mass is 10.2. The Hall–Kier alpha value is -1.56. The van der Waals surface area contributed by atoms with Gasteiger partial charge in [0.25, 0.3) is 5.91 Å². The summed E-state index contributed by atoms with van der Waals surface area (Å²) in [6.45, 7) is 3.82. The second-order valence-electron chi connectivity index (χ2n) is 5.86. The van der Waals surface area contributed by atoms with Gasteiger partial charge in [-0.2, -0.15) is 13.2 Å². The maximum atomic E-state index is 12.5. The Bertz CT molecular complexity index is 491. The van der Waals surface area contributed by atoms with E-state index >= 15 is 0 Å². The average molecular weight is 315 g/mol. The molecule has 122 valence electrons. The number of carbonyl (C=O) groups excluding carboxylic acids is 1. The van der Waals surface area contributed by atoms with Crippen LogP contribution in [-0.4, -0.2) is 25.0 Å². The second-order valence-corrected chi connectivity index (χ2v) is 5.86. The van der Waals surface area contributed by atoms with Crippen LogP contribution in [0.4, 0.5) is 18.9 Å². The molecular weight excluding hydrogens is 293 g/mol.